The van der Waals surface area contributed by atoms with Crippen LogP contribution in [0.2, 0.25) is 0 Å². The van der Waals surface area contributed by atoms with Crippen LogP contribution in [-0.2, 0) is 22.8 Å². The molecule has 1 N–H and O–H groups in total. The van der Waals surface area contributed by atoms with E-state index in [1.54, 1.807) is 29.7 Å². The molecule has 8 heteroatoms. The van der Waals surface area contributed by atoms with Gasteiger partial charge in [-0.2, -0.15) is 16.9 Å². The van der Waals surface area contributed by atoms with Gasteiger partial charge in [-0.15, -0.1) is 0 Å². The number of aryl methyl sites for hydroxylation is 1. The first-order valence-corrected chi connectivity index (χ1v) is 8.85. The van der Waals surface area contributed by atoms with Crippen LogP contribution in [0.3, 0.4) is 0 Å². The molecular weight excluding hydrogens is 326 g/mol. The van der Waals surface area contributed by atoms with Crippen molar-refractivity contribution >= 4 is 37.7 Å². The molecule has 0 aliphatic heterocycles. The molecule has 17 heavy (non-hydrogen) atoms. The molecule has 98 valence electrons. The van der Waals surface area contributed by atoms with E-state index in [0.29, 0.717) is 10.2 Å². The summed E-state index contributed by atoms with van der Waals surface area (Å²) < 4.78 is 28.6. The van der Waals surface area contributed by atoms with E-state index >= 15 is 0 Å². The van der Waals surface area contributed by atoms with Gasteiger partial charge in [0, 0.05) is 25.0 Å². The van der Waals surface area contributed by atoms with E-state index in [1.807, 2.05) is 13.2 Å². The topological polar surface area (TPSA) is 64.0 Å². The second kappa shape index (κ2) is 6.21. The van der Waals surface area contributed by atoms with Crippen LogP contribution in [0.5, 0.6) is 0 Å². The highest BCUT2D eigenvalue weighted by Gasteiger charge is 2.18. The molecule has 0 aliphatic carbocycles. The van der Waals surface area contributed by atoms with Gasteiger partial charge in [0.2, 0.25) is 10.0 Å². The summed E-state index contributed by atoms with van der Waals surface area (Å²) in [5, 5.41) is 4.09. The van der Waals surface area contributed by atoms with Gasteiger partial charge in [-0.25, -0.2) is 13.1 Å². The number of hydrogen-bond acceptors (Lipinski definition) is 4. The molecule has 0 aromatic carbocycles. The Labute approximate surface area is 115 Å². The molecule has 0 saturated heterocycles. The quantitative estimate of drug-likeness (QED) is 0.848. The Hall–Kier alpha value is -0.0500. The van der Waals surface area contributed by atoms with Crippen molar-refractivity contribution in [1.29, 1.82) is 0 Å². The summed E-state index contributed by atoms with van der Waals surface area (Å²) >= 11 is 4.90. The third-order valence-corrected chi connectivity index (χ3v) is 4.89. The SMILES string of the molecule is CSCC(C)NS(=O)(=O)Cc1nn(C)cc1Br. The second-order valence-electron chi connectivity index (χ2n) is 3.83. The highest BCUT2D eigenvalue weighted by molar-refractivity contribution is 9.10. The first-order valence-electron chi connectivity index (χ1n) is 5.01. The van der Waals surface area contributed by atoms with Crippen molar-refractivity contribution in [2.75, 3.05) is 12.0 Å². The summed E-state index contributed by atoms with van der Waals surface area (Å²) in [5.41, 5.74) is 0.524. The van der Waals surface area contributed by atoms with Crippen LogP contribution in [0, 0.1) is 0 Å². The lowest BCUT2D eigenvalue weighted by Crippen LogP contribution is -2.35. The van der Waals surface area contributed by atoms with E-state index in [4.69, 9.17) is 0 Å². The Balaban J connectivity index is 2.70. The van der Waals surface area contributed by atoms with Gasteiger partial charge in [-0.3, -0.25) is 4.68 Å². The third-order valence-electron chi connectivity index (χ3n) is 1.98. The van der Waals surface area contributed by atoms with Gasteiger partial charge in [-0.05, 0) is 29.1 Å². The van der Waals surface area contributed by atoms with Crippen molar-refractivity contribution < 1.29 is 8.42 Å². The van der Waals surface area contributed by atoms with Gasteiger partial charge in [0.1, 0.15) is 5.75 Å². The summed E-state index contributed by atoms with van der Waals surface area (Å²) in [4.78, 5) is 0. The van der Waals surface area contributed by atoms with E-state index in [9.17, 15) is 8.42 Å². The van der Waals surface area contributed by atoms with Crippen molar-refractivity contribution in [2.24, 2.45) is 7.05 Å². The fourth-order valence-electron chi connectivity index (χ4n) is 1.42. The Bertz CT molecular complexity index is 473. The van der Waals surface area contributed by atoms with Crippen LogP contribution in [-0.4, -0.2) is 36.2 Å². The Morgan fingerprint density at radius 1 is 1.65 bits per heavy atom. The Morgan fingerprint density at radius 2 is 2.29 bits per heavy atom. The lowest BCUT2D eigenvalue weighted by atomic mass is 10.4. The van der Waals surface area contributed by atoms with Gasteiger partial charge >= 0.3 is 0 Å². The minimum Gasteiger partial charge on any atom is -0.274 e. The van der Waals surface area contributed by atoms with E-state index in [0.717, 1.165) is 5.75 Å². The van der Waals surface area contributed by atoms with E-state index < -0.39 is 10.0 Å². The summed E-state index contributed by atoms with van der Waals surface area (Å²) in [6, 6.07) is -0.0718. The van der Waals surface area contributed by atoms with Crippen LogP contribution >= 0.6 is 27.7 Å². The zero-order valence-electron chi connectivity index (χ0n) is 9.97. The van der Waals surface area contributed by atoms with Gasteiger partial charge in [-0.1, -0.05) is 0 Å². The lowest BCUT2D eigenvalue weighted by molar-refractivity contribution is 0.569. The van der Waals surface area contributed by atoms with Crippen LogP contribution in [0.1, 0.15) is 12.6 Å². The highest BCUT2D eigenvalue weighted by Crippen LogP contribution is 2.16. The Morgan fingerprint density at radius 3 is 2.76 bits per heavy atom. The first kappa shape index (κ1) is 15.0. The van der Waals surface area contributed by atoms with Crippen molar-refractivity contribution in [3.05, 3.63) is 16.4 Å². The molecule has 0 bridgehead atoms. The summed E-state index contributed by atoms with van der Waals surface area (Å²) in [7, 11) is -1.58. The molecule has 1 unspecified atom stereocenters. The molecular formula is C9H16BrN3O2S2. The number of nitrogens with one attached hydrogen (secondary N) is 1. The number of halogens is 1. The molecule has 1 atom stereocenters. The number of aromatic nitrogens is 2. The maximum absolute atomic E-state index is 11.9. The Kier molecular flexibility index (Phi) is 5.49. The van der Waals surface area contributed by atoms with Crippen LogP contribution in [0.15, 0.2) is 10.7 Å². The van der Waals surface area contributed by atoms with Gasteiger partial charge in [0.15, 0.2) is 0 Å². The molecule has 0 saturated carbocycles. The maximum atomic E-state index is 11.9. The monoisotopic (exact) mass is 341 g/mol. The van der Waals surface area contributed by atoms with Crippen LogP contribution < -0.4 is 4.72 Å². The smallest absolute Gasteiger partial charge is 0.217 e. The molecule has 0 radical (unpaired) electrons. The van der Waals surface area contributed by atoms with E-state index in [-0.39, 0.29) is 11.8 Å². The predicted octanol–water partition coefficient (Wildman–Crippen LogP) is 1.35. The molecule has 1 heterocycles. The minimum atomic E-state index is -3.33. The van der Waals surface area contributed by atoms with E-state index in [1.165, 1.54) is 0 Å². The number of nitrogens with zero attached hydrogens (tertiary/aromatic N) is 2. The number of sulfonamides is 1. The number of thioether (sulfide) groups is 1. The normalized spacial score (nSPS) is 13.9. The zero-order chi connectivity index (χ0) is 13.1. The molecule has 0 amide bonds. The van der Waals surface area contributed by atoms with Crippen molar-refractivity contribution in [3.8, 4) is 0 Å². The summed E-state index contributed by atoms with van der Waals surface area (Å²) in [6.07, 6.45) is 3.68. The zero-order valence-corrected chi connectivity index (χ0v) is 13.2. The van der Waals surface area contributed by atoms with Gasteiger partial charge in [0.05, 0.1) is 10.2 Å². The highest BCUT2D eigenvalue weighted by atomic mass is 79.9. The van der Waals surface area contributed by atoms with Crippen molar-refractivity contribution in [3.63, 3.8) is 0 Å². The third kappa shape index (κ3) is 4.99. The molecule has 0 fully saturated rings. The van der Waals surface area contributed by atoms with Crippen LogP contribution in [0.25, 0.3) is 0 Å². The molecule has 1 aromatic heterocycles. The van der Waals surface area contributed by atoms with Crippen molar-refractivity contribution in [2.45, 2.75) is 18.7 Å². The lowest BCUT2D eigenvalue weighted by Gasteiger charge is -2.12. The molecule has 1 rings (SSSR count). The molecule has 1 aromatic rings. The van der Waals surface area contributed by atoms with Crippen molar-refractivity contribution in [1.82, 2.24) is 14.5 Å². The largest absolute Gasteiger partial charge is 0.274 e. The number of rotatable bonds is 6. The predicted molar refractivity (Wildman–Crippen MR) is 74.5 cm³/mol. The average Bonchev–Trinajstić information content (AvgIpc) is 2.43. The van der Waals surface area contributed by atoms with E-state index in [2.05, 4.69) is 25.8 Å². The fourth-order valence-corrected chi connectivity index (χ4v) is 4.16. The summed E-state index contributed by atoms with van der Waals surface area (Å²) in [5.74, 6) is 0.649. The fraction of sp³-hybridized carbons (Fsp3) is 0.667. The first-order chi connectivity index (χ1) is 7.84. The maximum Gasteiger partial charge on any atom is 0.217 e. The molecule has 0 aliphatic rings. The average molecular weight is 342 g/mol. The minimum absolute atomic E-state index is 0.0718. The molecule has 5 nitrogen and oxygen atoms in total. The van der Waals surface area contributed by atoms with Crippen LogP contribution in [0.4, 0.5) is 0 Å². The standard InChI is InChI=1S/C9H16BrN3O2S2/c1-7(5-16-3)12-17(14,15)6-9-8(10)4-13(2)11-9/h4,7,12H,5-6H2,1-3H3. The number of hydrogen-bond donors (Lipinski definition) is 1. The molecule has 0 spiro atoms. The van der Waals surface area contributed by atoms with Gasteiger partial charge < -0.3 is 0 Å². The summed E-state index contributed by atoms with van der Waals surface area (Å²) in [6.45, 7) is 1.85. The second-order valence-corrected chi connectivity index (χ2v) is 7.35. The van der Waals surface area contributed by atoms with Gasteiger partial charge in [0.25, 0.3) is 0 Å².